The molecule has 2 amide bonds. The van der Waals surface area contributed by atoms with Crippen LogP contribution in [-0.4, -0.2) is 72.0 Å². The van der Waals surface area contributed by atoms with E-state index in [1.54, 1.807) is 37.7 Å². The number of benzene rings is 1. The molecule has 2 aliphatic heterocycles. The van der Waals surface area contributed by atoms with Crippen molar-refractivity contribution in [3.63, 3.8) is 0 Å². The minimum atomic E-state index is -2.75. The Morgan fingerprint density at radius 1 is 1.17 bits per heavy atom. The number of carbonyl (C=O) groups excluding carboxylic acids is 2. The zero-order valence-electron chi connectivity index (χ0n) is 20.3. The number of amides is 2. The van der Waals surface area contributed by atoms with Gasteiger partial charge in [-0.15, -0.1) is 11.3 Å². The third-order valence-corrected chi connectivity index (χ3v) is 7.64. The van der Waals surface area contributed by atoms with Crippen LogP contribution in [0.15, 0.2) is 35.3 Å². The minimum Gasteiger partial charge on any atom is -0.363 e. The second-order valence-corrected chi connectivity index (χ2v) is 10.3. The van der Waals surface area contributed by atoms with Gasteiger partial charge in [-0.3, -0.25) is 9.59 Å². The molecule has 1 aromatic heterocycles. The molecule has 0 bridgehead atoms. The number of carbonyl (C=O) groups is 2. The molecule has 0 saturated carbocycles. The van der Waals surface area contributed by atoms with Gasteiger partial charge < -0.3 is 14.7 Å². The first-order valence-electron chi connectivity index (χ1n) is 12.1. The summed E-state index contributed by atoms with van der Waals surface area (Å²) in [4.78, 5) is 36.8. The van der Waals surface area contributed by atoms with E-state index in [9.17, 15) is 23.6 Å². The van der Waals surface area contributed by atoms with Crippen molar-refractivity contribution in [1.82, 2.24) is 14.7 Å². The van der Waals surface area contributed by atoms with E-state index in [1.807, 2.05) is 6.07 Å². The fourth-order valence-corrected chi connectivity index (χ4v) is 5.44. The van der Waals surface area contributed by atoms with E-state index in [4.69, 9.17) is 0 Å². The SMILES string of the molecule is CN(Cc1ccccc1C#N)C(=O)c1sc(C(=O)N2CCC(F)(F)CC2)cc1N=CN1CCCCC1. The zero-order valence-corrected chi connectivity index (χ0v) is 21.1. The molecule has 0 atom stereocenters. The summed E-state index contributed by atoms with van der Waals surface area (Å²) in [5.74, 6) is -3.43. The van der Waals surface area contributed by atoms with E-state index in [0.29, 0.717) is 21.0 Å². The summed E-state index contributed by atoms with van der Waals surface area (Å²) in [6, 6.07) is 10.8. The van der Waals surface area contributed by atoms with Crippen molar-refractivity contribution < 1.29 is 18.4 Å². The Balaban J connectivity index is 1.58. The van der Waals surface area contributed by atoms with Gasteiger partial charge in [0.05, 0.1) is 28.5 Å². The van der Waals surface area contributed by atoms with Crippen molar-refractivity contribution in [1.29, 1.82) is 5.26 Å². The van der Waals surface area contributed by atoms with Crippen molar-refractivity contribution in [2.24, 2.45) is 4.99 Å². The predicted octanol–water partition coefficient (Wildman–Crippen LogP) is 4.91. The van der Waals surface area contributed by atoms with Gasteiger partial charge in [0.2, 0.25) is 0 Å². The lowest BCUT2D eigenvalue weighted by atomic mass is 10.1. The van der Waals surface area contributed by atoms with Gasteiger partial charge in [0.25, 0.3) is 17.7 Å². The highest BCUT2D eigenvalue weighted by Gasteiger charge is 2.36. The third kappa shape index (κ3) is 6.08. The molecule has 7 nitrogen and oxygen atoms in total. The summed E-state index contributed by atoms with van der Waals surface area (Å²) in [5, 5.41) is 9.38. The molecule has 0 spiro atoms. The number of hydrogen-bond donors (Lipinski definition) is 0. The first kappa shape index (κ1) is 25.8. The molecule has 10 heteroatoms. The minimum absolute atomic E-state index is 0.0236. The smallest absolute Gasteiger partial charge is 0.266 e. The fourth-order valence-electron chi connectivity index (χ4n) is 4.37. The lowest BCUT2D eigenvalue weighted by Gasteiger charge is -2.31. The van der Waals surface area contributed by atoms with Gasteiger partial charge in [-0.05, 0) is 37.0 Å². The highest BCUT2D eigenvalue weighted by atomic mass is 32.1. The molecule has 2 fully saturated rings. The van der Waals surface area contributed by atoms with E-state index >= 15 is 0 Å². The van der Waals surface area contributed by atoms with Crippen LogP contribution in [0.2, 0.25) is 0 Å². The molecular formula is C26H29F2N5O2S. The molecule has 3 heterocycles. The third-order valence-electron chi connectivity index (χ3n) is 6.54. The lowest BCUT2D eigenvalue weighted by molar-refractivity contribution is -0.0493. The molecule has 2 aromatic rings. The van der Waals surface area contributed by atoms with Crippen LogP contribution in [0, 0.1) is 11.3 Å². The molecule has 0 unspecified atom stereocenters. The Kier molecular flexibility index (Phi) is 7.99. The Hall–Kier alpha value is -3.32. The first-order chi connectivity index (χ1) is 17.3. The largest absolute Gasteiger partial charge is 0.363 e. The summed E-state index contributed by atoms with van der Waals surface area (Å²) in [6.07, 6.45) is 4.32. The van der Waals surface area contributed by atoms with Crippen molar-refractivity contribution in [2.45, 2.75) is 44.6 Å². The number of nitrogens with zero attached hydrogens (tertiary/aromatic N) is 5. The summed E-state index contributed by atoms with van der Waals surface area (Å²) in [6.45, 7) is 1.94. The highest BCUT2D eigenvalue weighted by Crippen LogP contribution is 2.34. The number of nitriles is 1. The van der Waals surface area contributed by atoms with Crippen LogP contribution in [0.3, 0.4) is 0 Å². The second kappa shape index (κ2) is 11.2. The van der Waals surface area contributed by atoms with E-state index in [2.05, 4.69) is 16.0 Å². The quantitative estimate of drug-likeness (QED) is 0.406. The predicted molar refractivity (Wildman–Crippen MR) is 135 cm³/mol. The van der Waals surface area contributed by atoms with Crippen LogP contribution in [0.25, 0.3) is 0 Å². The van der Waals surface area contributed by atoms with Gasteiger partial charge >= 0.3 is 0 Å². The highest BCUT2D eigenvalue weighted by molar-refractivity contribution is 7.16. The first-order valence-corrected chi connectivity index (χ1v) is 12.9. The number of halogens is 2. The maximum atomic E-state index is 13.6. The van der Waals surface area contributed by atoms with Crippen LogP contribution in [0.1, 0.15) is 62.6 Å². The van der Waals surface area contributed by atoms with Crippen LogP contribution < -0.4 is 0 Å². The number of likely N-dealkylation sites (tertiary alicyclic amines) is 2. The van der Waals surface area contributed by atoms with Crippen LogP contribution >= 0.6 is 11.3 Å². The Bertz CT molecular complexity index is 1170. The Morgan fingerprint density at radius 3 is 2.56 bits per heavy atom. The lowest BCUT2D eigenvalue weighted by Crippen LogP contribution is -2.42. The van der Waals surface area contributed by atoms with Crippen molar-refractivity contribution in [3.05, 3.63) is 51.2 Å². The molecule has 0 radical (unpaired) electrons. The molecule has 4 rings (SSSR count). The topological polar surface area (TPSA) is 80.0 Å². The molecular weight excluding hydrogens is 484 g/mol. The number of hydrogen-bond acceptors (Lipinski definition) is 5. The molecule has 1 aromatic carbocycles. The molecule has 190 valence electrons. The number of piperidine rings is 2. The van der Waals surface area contributed by atoms with E-state index in [0.717, 1.165) is 42.8 Å². The summed E-state index contributed by atoms with van der Waals surface area (Å²) in [7, 11) is 1.64. The number of thiophene rings is 1. The molecule has 0 aliphatic carbocycles. The maximum absolute atomic E-state index is 13.6. The van der Waals surface area contributed by atoms with Crippen molar-refractivity contribution in [2.75, 3.05) is 33.2 Å². The van der Waals surface area contributed by atoms with Gasteiger partial charge in [-0.1, -0.05) is 18.2 Å². The average molecular weight is 514 g/mol. The number of rotatable bonds is 6. The summed E-state index contributed by atoms with van der Waals surface area (Å²) >= 11 is 1.04. The van der Waals surface area contributed by atoms with Gasteiger partial charge in [0, 0.05) is 52.6 Å². The van der Waals surface area contributed by atoms with Crippen LogP contribution in [-0.2, 0) is 6.54 Å². The number of aliphatic imine (C=N–C) groups is 1. The van der Waals surface area contributed by atoms with Crippen LogP contribution in [0.4, 0.5) is 14.5 Å². The standard InChI is InChI=1S/C26H29F2N5O2S/c1-31(17-20-8-4-3-7-19(20)16-29)25(35)23-21(30-18-32-11-5-2-6-12-32)15-22(36-23)24(34)33-13-9-26(27,28)10-14-33/h3-4,7-8,15,18H,2,5-6,9-14,17H2,1H3. The normalized spacial score (nSPS) is 17.7. The van der Waals surface area contributed by atoms with Crippen molar-refractivity contribution in [3.8, 4) is 6.07 Å². The average Bonchev–Trinajstić information content (AvgIpc) is 3.31. The van der Waals surface area contributed by atoms with E-state index in [1.165, 1.54) is 16.2 Å². The molecule has 0 N–H and O–H groups in total. The Morgan fingerprint density at radius 2 is 1.86 bits per heavy atom. The monoisotopic (exact) mass is 513 g/mol. The van der Waals surface area contributed by atoms with Crippen LogP contribution in [0.5, 0.6) is 0 Å². The molecule has 2 saturated heterocycles. The van der Waals surface area contributed by atoms with Crippen molar-refractivity contribution >= 4 is 35.2 Å². The Labute approximate surface area is 213 Å². The van der Waals surface area contributed by atoms with Gasteiger partial charge in [-0.2, -0.15) is 5.26 Å². The van der Waals surface area contributed by atoms with Gasteiger partial charge in [0.15, 0.2) is 0 Å². The summed E-state index contributed by atoms with van der Waals surface area (Å²) < 4.78 is 27.2. The fraction of sp³-hybridized carbons (Fsp3) is 0.462. The maximum Gasteiger partial charge on any atom is 0.266 e. The van der Waals surface area contributed by atoms with E-state index < -0.39 is 5.92 Å². The van der Waals surface area contributed by atoms with Gasteiger partial charge in [0.1, 0.15) is 4.88 Å². The second-order valence-electron chi connectivity index (χ2n) is 9.24. The number of alkyl halides is 2. The summed E-state index contributed by atoms with van der Waals surface area (Å²) in [5.41, 5.74) is 1.60. The van der Waals surface area contributed by atoms with E-state index in [-0.39, 0.29) is 44.3 Å². The molecule has 36 heavy (non-hydrogen) atoms. The van der Waals surface area contributed by atoms with Gasteiger partial charge in [-0.25, -0.2) is 13.8 Å². The molecule has 2 aliphatic rings. The zero-order chi connectivity index (χ0) is 25.7.